The second-order valence-corrected chi connectivity index (χ2v) is 7.89. The van der Waals surface area contributed by atoms with E-state index in [1.165, 1.54) is 31.6 Å². The second kappa shape index (κ2) is 9.55. The van der Waals surface area contributed by atoms with E-state index < -0.39 is 0 Å². The quantitative estimate of drug-likeness (QED) is 0.431. The summed E-state index contributed by atoms with van der Waals surface area (Å²) in [6, 6.07) is 2.12. The molecule has 27 heavy (non-hydrogen) atoms. The third-order valence-electron chi connectivity index (χ3n) is 5.95. The van der Waals surface area contributed by atoms with Crippen LogP contribution in [0.2, 0.25) is 0 Å². The van der Waals surface area contributed by atoms with Gasteiger partial charge in [-0.2, -0.15) is 5.10 Å². The van der Waals surface area contributed by atoms with Gasteiger partial charge in [0.2, 0.25) is 0 Å². The van der Waals surface area contributed by atoms with Gasteiger partial charge in [-0.15, -0.1) is 0 Å². The normalized spacial score (nSPS) is 20.8. The molecule has 152 valence electrons. The van der Waals surface area contributed by atoms with Crippen LogP contribution >= 0.6 is 0 Å². The lowest BCUT2D eigenvalue weighted by Gasteiger charge is -2.45. The van der Waals surface area contributed by atoms with Crippen LogP contribution in [0.5, 0.6) is 0 Å². The molecule has 2 fully saturated rings. The maximum atomic E-state index is 5.64. The number of ether oxygens (including phenoxy) is 1. The van der Waals surface area contributed by atoms with E-state index in [0.717, 1.165) is 63.8 Å². The number of nitrogens with one attached hydrogen (secondary N) is 2. The first-order chi connectivity index (χ1) is 13.1. The van der Waals surface area contributed by atoms with Crippen LogP contribution in [-0.2, 0) is 11.3 Å². The topological polar surface area (TPSA) is 66.7 Å². The molecular weight excluding hydrogens is 340 g/mol. The summed E-state index contributed by atoms with van der Waals surface area (Å²) in [6.45, 7) is 11.1. The molecule has 3 rings (SSSR count). The van der Waals surface area contributed by atoms with Crippen molar-refractivity contribution >= 4 is 5.96 Å². The lowest BCUT2D eigenvalue weighted by Crippen LogP contribution is -2.58. The molecule has 0 radical (unpaired) electrons. The zero-order chi connectivity index (χ0) is 19.1. The molecule has 0 spiro atoms. The zero-order valence-electron chi connectivity index (χ0n) is 17.3. The molecular formula is C20H36N6O. The standard InChI is InChI=1S/C20H36N6O/c1-17-15-18(2)26(24-17)12-6-9-22-19(21-3)23-16-20(7-13-27-14-8-20)25-10-4-5-11-25/h15H,4-14,16H2,1-3H3,(H2,21,22,23). The summed E-state index contributed by atoms with van der Waals surface area (Å²) in [6.07, 6.45) is 5.88. The third-order valence-corrected chi connectivity index (χ3v) is 5.95. The van der Waals surface area contributed by atoms with Crippen molar-refractivity contribution in [2.45, 2.75) is 58.0 Å². The van der Waals surface area contributed by atoms with Gasteiger partial charge in [0.15, 0.2) is 5.96 Å². The molecule has 0 aliphatic carbocycles. The van der Waals surface area contributed by atoms with E-state index in [2.05, 4.69) is 43.3 Å². The summed E-state index contributed by atoms with van der Waals surface area (Å²) in [4.78, 5) is 7.10. The number of aryl methyl sites for hydroxylation is 3. The summed E-state index contributed by atoms with van der Waals surface area (Å²) in [5, 5.41) is 11.6. The highest BCUT2D eigenvalue weighted by Gasteiger charge is 2.39. The Morgan fingerprint density at radius 2 is 1.96 bits per heavy atom. The minimum Gasteiger partial charge on any atom is -0.381 e. The molecule has 2 saturated heterocycles. The van der Waals surface area contributed by atoms with E-state index >= 15 is 0 Å². The van der Waals surface area contributed by atoms with Crippen LogP contribution in [0.15, 0.2) is 11.1 Å². The average Bonchev–Trinajstić information content (AvgIpc) is 3.32. The fourth-order valence-corrected chi connectivity index (χ4v) is 4.35. The van der Waals surface area contributed by atoms with Crippen LogP contribution in [-0.4, -0.2) is 72.6 Å². The molecule has 0 bridgehead atoms. The van der Waals surface area contributed by atoms with Crippen molar-refractivity contribution < 1.29 is 4.74 Å². The number of rotatable bonds is 7. The van der Waals surface area contributed by atoms with Crippen molar-refractivity contribution in [1.82, 2.24) is 25.3 Å². The maximum absolute atomic E-state index is 5.64. The fourth-order valence-electron chi connectivity index (χ4n) is 4.35. The molecule has 0 amide bonds. The van der Waals surface area contributed by atoms with Gasteiger partial charge in [-0.25, -0.2) is 0 Å². The van der Waals surface area contributed by atoms with Crippen LogP contribution in [0, 0.1) is 13.8 Å². The van der Waals surface area contributed by atoms with Crippen LogP contribution in [0.25, 0.3) is 0 Å². The minimum atomic E-state index is 0.218. The first-order valence-corrected chi connectivity index (χ1v) is 10.4. The predicted molar refractivity (Wildman–Crippen MR) is 109 cm³/mol. The number of hydrogen-bond acceptors (Lipinski definition) is 4. The Hall–Kier alpha value is -1.60. The van der Waals surface area contributed by atoms with E-state index in [-0.39, 0.29) is 5.54 Å². The summed E-state index contributed by atoms with van der Waals surface area (Å²) < 4.78 is 7.72. The van der Waals surface area contributed by atoms with Gasteiger partial charge in [-0.3, -0.25) is 14.6 Å². The van der Waals surface area contributed by atoms with Gasteiger partial charge in [0, 0.05) is 51.1 Å². The highest BCUT2D eigenvalue weighted by atomic mass is 16.5. The zero-order valence-corrected chi connectivity index (χ0v) is 17.3. The van der Waals surface area contributed by atoms with Crippen LogP contribution in [0.4, 0.5) is 0 Å². The Labute approximate surface area is 163 Å². The lowest BCUT2D eigenvalue weighted by atomic mass is 9.88. The Balaban J connectivity index is 1.45. The molecule has 2 N–H and O–H groups in total. The molecule has 1 aromatic heterocycles. The summed E-state index contributed by atoms with van der Waals surface area (Å²) in [5.74, 6) is 0.897. The summed E-state index contributed by atoms with van der Waals surface area (Å²) in [5.41, 5.74) is 2.53. The summed E-state index contributed by atoms with van der Waals surface area (Å²) >= 11 is 0. The van der Waals surface area contributed by atoms with Crippen LogP contribution < -0.4 is 10.6 Å². The largest absolute Gasteiger partial charge is 0.381 e. The molecule has 0 atom stereocenters. The Kier molecular flexibility index (Phi) is 7.13. The predicted octanol–water partition coefficient (Wildman–Crippen LogP) is 1.70. The number of aliphatic imine (C=N–C) groups is 1. The van der Waals surface area contributed by atoms with Gasteiger partial charge in [-0.05, 0) is 65.1 Å². The first-order valence-electron chi connectivity index (χ1n) is 10.4. The van der Waals surface area contributed by atoms with Gasteiger partial charge in [0.25, 0.3) is 0 Å². The molecule has 7 nitrogen and oxygen atoms in total. The van der Waals surface area contributed by atoms with Crippen molar-refractivity contribution in [2.75, 3.05) is 46.4 Å². The highest BCUT2D eigenvalue weighted by molar-refractivity contribution is 5.79. The molecule has 0 aromatic carbocycles. The molecule has 0 saturated carbocycles. The van der Waals surface area contributed by atoms with Gasteiger partial charge in [0.1, 0.15) is 0 Å². The van der Waals surface area contributed by atoms with E-state index in [4.69, 9.17) is 4.74 Å². The minimum absolute atomic E-state index is 0.218. The third kappa shape index (κ3) is 5.23. The van der Waals surface area contributed by atoms with Crippen LogP contribution in [0.1, 0.15) is 43.5 Å². The summed E-state index contributed by atoms with van der Waals surface area (Å²) in [7, 11) is 1.85. The molecule has 0 unspecified atom stereocenters. The first kappa shape index (κ1) is 20.1. The Morgan fingerprint density at radius 1 is 1.22 bits per heavy atom. The van der Waals surface area contributed by atoms with Gasteiger partial charge in [0.05, 0.1) is 5.69 Å². The Morgan fingerprint density at radius 3 is 2.59 bits per heavy atom. The molecule has 2 aliphatic heterocycles. The van der Waals surface area contributed by atoms with Crippen molar-refractivity contribution in [2.24, 2.45) is 4.99 Å². The number of nitrogens with zero attached hydrogens (tertiary/aromatic N) is 4. The smallest absolute Gasteiger partial charge is 0.191 e. The van der Waals surface area contributed by atoms with Crippen molar-refractivity contribution in [1.29, 1.82) is 0 Å². The van der Waals surface area contributed by atoms with E-state index in [1.54, 1.807) is 0 Å². The average molecular weight is 377 g/mol. The monoisotopic (exact) mass is 376 g/mol. The van der Waals surface area contributed by atoms with E-state index in [0.29, 0.717) is 0 Å². The number of hydrogen-bond donors (Lipinski definition) is 2. The van der Waals surface area contributed by atoms with Crippen LogP contribution in [0.3, 0.4) is 0 Å². The molecule has 7 heteroatoms. The SMILES string of the molecule is CN=C(NCCCn1nc(C)cc1C)NCC1(N2CCCC2)CCOCC1. The molecule has 1 aromatic rings. The van der Waals surface area contributed by atoms with E-state index in [9.17, 15) is 0 Å². The van der Waals surface area contributed by atoms with Gasteiger partial charge >= 0.3 is 0 Å². The number of aromatic nitrogens is 2. The lowest BCUT2D eigenvalue weighted by molar-refractivity contribution is -0.0164. The van der Waals surface area contributed by atoms with Crippen molar-refractivity contribution in [3.05, 3.63) is 17.5 Å². The number of likely N-dealkylation sites (tertiary alicyclic amines) is 1. The molecule has 3 heterocycles. The van der Waals surface area contributed by atoms with Crippen molar-refractivity contribution in [3.63, 3.8) is 0 Å². The van der Waals surface area contributed by atoms with Crippen molar-refractivity contribution in [3.8, 4) is 0 Å². The highest BCUT2D eigenvalue weighted by Crippen LogP contribution is 2.30. The van der Waals surface area contributed by atoms with Gasteiger partial charge < -0.3 is 15.4 Å². The van der Waals surface area contributed by atoms with Gasteiger partial charge in [-0.1, -0.05) is 0 Å². The van der Waals surface area contributed by atoms with E-state index in [1.807, 2.05) is 14.0 Å². The number of guanidine groups is 1. The molecule has 2 aliphatic rings. The second-order valence-electron chi connectivity index (χ2n) is 7.89. The fraction of sp³-hybridized carbons (Fsp3) is 0.800. The Bertz CT molecular complexity index is 614. The maximum Gasteiger partial charge on any atom is 0.191 e.